The van der Waals surface area contributed by atoms with Gasteiger partial charge in [-0.05, 0) is 5.56 Å². The average molecular weight is 407 g/mol. The molecule has 0 spiro atoms. The van der Waals surface area contributed by atoms with Crippen LogP contribution in [0.2, 0.25) is 0 Å². The van der Waals surface area contributed by atoms with Gasteiger partial charge in [0.25, 0.3) is 0 Å². The van der Waals surface area contributed by atoms with Crippen molar-refractivity contribution in [2.75, 3.05) is 6.54 Å². The van der Waals surface area contributed by atoms with E-state index in [4.69, 9.17) is 34.8 Å². The summed E-state index contributed by atoms with van der Waals surface area (Å²) in [4.78, 5) is 36.6. The third-order valence-corrected chi connectivity index (χ3v) is 1.72. The Kier molecular flexibility index (Phi) is 29.3. The fourth-order valence-electron chi connectivity index (χ4n) is 0.921. The first-order valence-corrected chi connectivity index (χ1v) is 6.52. The Morgan fingerprint density at radius 3 is 1.95 bits per heavy atom. The molecule has 12 heteroatoms. The first-order valence-electron chi connectivity index (χ1n) is 5.05. The van der Waals surface area contributed by atoms with Gasteiger partial charge in [0.2, 0.25) is 0 Å². The van der Waals surface area contributed by atoms with E-state index in [-0.39, 0.29) is 167 Å². The minimum atomic E-state index is -5.39. The van der Waals surface area contributed by atoms with Gasteiger partial charge < -0.3 is 34.8 Å². The molecule has 0 saturated heterocycles. The molecule has 0 bridgehead atoms. The van der Waals surface area contributed by atoms with Crippen LogP contribution in [0.4, 0.5) is 0 Å². The zero-order valence-corrected chi connectivity index (χ0v) is 23.1. The van der Waals surface area contributed by atoms with Crippen LogP contribution < -0.4 is 175 Å². The summed E-state index contributed by atoms with van der Waals surface area (Å²) in [5.41, 5.74) is 5.97. The molecular formula is C10H13K3NO7P. The molecule has 1 aromatic rings. The van der Waals surface area contributed by atoms with E-state index in [0.717, 1.165) is 5.56 Å². The molecule has 22 heavy (non-hydrogen) atoms. The second kappa shape index (κ2) is 19.4. The maximum Gasteiger partial charge on any atom is 1.00 e. The predicted molar refractivity (Wildman–Crippen MR) is 58.9 cm³/mol. The van der Waals surface area contributed by atoms with Crippen LogP contribution in [0.5, 0.6) is 0 Å². The number of carbonyl (C=O) groups is 1. The molecular weight excluding hydrogens is 394 g/mol. The molecule has 108 valence electrons. The van der Waals surface area contributed by atoms with Crippen LogP contribution in [0.3, 0.4) is 0 Å². The van der Waals surface area contributed by atoms with Crippen molar-refractivity contribution >= 4 is 13.8 Å². The largest absolute Gasteiger partial charge is 1.00 e. The summed E-state index contributed by atoms with van der Waals surface area (Å²) in [6.45, 7) is 0.0460. The van der Waals surface area contributed by atoms with Crippen LogP contribution in [0.25, 0.3) is 0 Å². The average Bonchev–Trinajstić information content (AvgIpc) is 2.34. The number of hydrogen-bond acceptors (Lipinski definition) is 8. The number of aliphatic hydroxyl groups is 1. The van der Waals surface area contributed by atoms with Gasteiger partial charge in [0, 0.05) is 6.54 Å². The van der Waals surface area contributed by atoms with E-state index in [1.165, 1.54) is 0 Å². The van der Waals surface area contributed by atoms with Gasteiger partial charge in [-0.3, -0.25) is 0 Å². The summed E-state index contributed by atoms with van der Waals surface area (Å²) < 4.78 is 13.4. The zero-order valence-electron chi connectivity index (χ0n) is 12.8. The number of ether oxygens (including phenoxy) is 1. The van der Waals surface area contributed by atoms with E-state index in [2.05, 4.69) is 0 Å². The molecule has 3 N–H and O–H groups in total. The Morgan fingerprint density at radius 2 is 1.59 bits per heavy atom. The molecule has 0 radical (unpaired) electrons. The SMILES string of the molecule is NCC(O)C(=O)OCc1ccccc1.O=P([O-])([O-])[O-].[K+].[K+].[K+]. The number of phosphoric acid groups is 1. The minimum Gasteiger partial charge on any atom is -0.822 e. The van der Waals surface area contributed by atoms with Crippen molar-refractivity contribution in [3.05, 3.63) is 35.9 Å². The maximum absolute atomic E-state index is 11.0. The van der Waals surface area contributed by atoms with E-state index >= 15 is 0 Å². The van der Waals surface area contributed by atoms with Gasteiger partial charge in [-0.1, -0.05) is 30.3 Å². The van der Waals surface area contributed by atoms with Crippen LogP contribution in [-0.2, 0) is 20.7 Å². The third kappa shape index (κ3) is 23.6. The summed E-state index contributed by atoms with van der Waals surface area (Å²) in [6.07, 6.45) is -1.22. The van der Waals surface area contributed by atoms with Crippen molar-refractivity contribution in [2.24, 2.45) is 5.73 Å². The molecule has 1 rings (SSSR count). The van der Waals surface area contributed by atoms with Crippen molar-refractivity contribution in [3.8, 4) is 0 Å². The summed E-state index contributed by atoms with van der Waals surface area (Å²) >= 11 is 0. The van der Waals surface area contributed by atoms with Gasteiger partial charge in [-0.15, -0.1) is 0 Å². The second-order valence-corrected chi connectivity index (χ2v) is 4.19. The van der Waals surface area contributed by atoms with E-state index in [0.29, 0.717) is 0 Å². The molecule has 0 aliphatic rings. The number of aliphatic hydroxyl groups excluding tert-OH is 1. The molecule has 8 nitrogen and oxygen atoms in total. The smallest absolute Gasteiger partial charge is 0.822 e. The molecule has 1 aromatic carbocycles. The number of rotatable bonds is 4. The number of hydrogen-bond donors (Lipinski definition) is 2. The summed E-state index contributed by atoms with van der Waals surface area (Å²) in [7, 11) is -5.39. The van der Waals surface area contributed by atoms with Gasteiger partial charge in [0.05, 0.1) is 0 Å². The maximum atomic E-state index is 11.0. The monoisotopic (exact) mass is 407 g/mol. The number of nitrogens with two attached hydrogens (primary N) is 1. The van der Waals surface area contributed by atoms with E-state index in [1.807, 2.05) is 30.3 Å². The van der Waals surface area contributed by atoms with E-state index in [1.54, 1.807) is 0 Å². The molecule has 1 atom stereocenters. The van der Waals surface area contributed by atoms with Crippen molar-refractivity contribution in [1.82, 2.24) is 0 Å². The molecule has 0 aliphatic carbocycles. The van der Waals surface area contributed by atoms with Gasteiger partial charge in [-0.2, -0.15) is 7.82 Å². The van der Waals surface area contributed by atoms with Crippen molar-refractivity contribution < 1.29 is 188 Å². The molecule has 0 amide bonds. The van der Waals surface area contributed by atoms with E-state index in [9.17, 15) is 4.79 Å². The molecule has 0 fully saturated rings. The molecule has 0 aromatic heterocycles. The Morgan fingerprint density at radius 1 is 1.18 bits per heavy atom. The summed E-state index contributed by atoms with van der Waals surface area (Å²) in [5.74, 6) is -0.684. The standard InChI is InChI=1S/C10H13NO3.3K.H3O4P/c11-6-9(12)10(13)14-7-8-4-2-1-3-5-8;;;;1-5(2,3)4/h1-5,9,12H,6-7,11H2;;;;(H3,1,2,3,4)/q;3*+1;/p-3. The van der Waals surface area contributed by atoms with E-state index < -0.39 is 19.9 Å². The Balaban J connectivity index is -0.000000179. The summed E-state index contributed by atoms with van der Waals surface area (Å²) in [6, 6.07) is 9.25. The van der Waals surface area contributed by atoms with Crippen LogP contribution in [0.15, 0.2) is 30.3 Å². The van der Waals surface area contributed by atoms with Crippen LogP contribution in [0, 0.1) is 0 Å². The van der Waals surface area contributed by atoms with Crippen LogP contribution in [0.1, 0.15) is 5.56 Å². The minimum absolute atomic E-state index is 0. The van der Waals surface area contributed by atoms with Crippen molar-refractivity contribution in [3.63, 3.8) is 0 Å². The van der Waals surface area contributed by atoms with Crippen LogP contribution >= 0.6 is 7.82 Å². The van der Waals surface area contributed by atoms with Crippen LogP contribution in [-0.4, -0.2) is 23.7 Å². The summed E-state index contributed by atoms with van der Waals surface area (Å²) in [5, 5.41) is 9.00. The normalized spacial score (nSPS) is 10.4. The third-order valence-electron chi connectivity index (χ3n) is 1.72. The fraction of sp³-hybridized carbons (Fsp3) is 0.300. The van der Waals surface area contributed by atoms with Gasteiger partial charge in [-0.25, -0.2) is 4.79 Å². The quantitative estimate of drug-likeness (QED) is 0.283. The predicted octanol–water partition coefficient (Wildman–Crippen LogP) is -11.8. The topological polar surface area (TPSA) is 159 Å². The van der Waals surface area contributed by atoms with Crippen molar-refractivity contribution in [2.45, 2.75) is 12.7 Å². The molecule has 1 unspecified atom stereocenters. The Bertz CT molecular complexity index is 424. The van der Waals surface area contributed by atoms with Gasteiger partial charge in [0.15, 0.2) is 6.10 Å². The molecule has 0 heterocycles. The molecule has 0 saturated carbocycles. The number of benzene rings is 1. The van der Waals surface area contributed by atoms with Gasteiger partial charge >= 0.3 is 160 Å². The number of esters is 1. The second-order valence-electron chi connectivity index (χ2n) is 3.29. The van der Waals surface area contributed by atoms with Crippen molar-refractivity contribution in [1.29, 1.82) is 0 Å². The first-order chi connectivity index (χ1) is 8.74. The fourth-order valence-corrected chi connectivity index (χ4v) is 0.921. The Labute approximate surface area is 256 Å². The zero-order chi connectivity index (χ0) is 14.9. The molecule has 0 aliphatic heterocycles. The van der Waals surface area contributed by atoms with Gasteiger partial charge in [0.1, 0.15) is 6.61 Å². The Hall–Kier alpha value is 3.63. The number of carbonyl (C=O) groups excluding carboxylic acids is 1. The first kappa shape index (κ1) is 33.2.